The summed E-state index contributed by atoms with van der Waals surface area (Å²) in [6, 6.07) is 15.4. The topological polar surface area (TPSA) is 66.8 Å². The number of nitrogens with zero attached hydrogens (tertiary/aromatic N) is 1. The number of anilines is 1. The molecule has 1 aliphatic heterocycles. The lowest BCUT2D eigenvalue weighted by Crippen LogP contribution is -2.23. The molecule has 0 radical (unpaired) electrons. The van der Waals surface area contributed by atoms with Gasteiger partial charge in [-0.15, -0.1) is 0 Å². The Balaban J connectivity index is 1.35. The highest BCUT2D eigenvalue weighted by Gasteiger charge is 2.33. The number of carboxylic acids is 1. The molecular formula is C26H20F3NO4. The van der Waals surface area contributed by atoms with E-state index in [9.17, 15) is 27.9 Å². The van der Waals surface area contributed by atoms with Crippen molar-refractivity contribution in [1.29, 1.82) is 0 Å². The van der Waals surface area contributed by atoms with Crippen LogP contribution in [0.4, 0.5) is 18.9 Å². The molecule has 5 rings (SSSR count). The van der Waals surface area contributed by atoms with Crippen molar-refractivity contribution in [2.24, 2.45) is 5.92 Å². The van der Waals surface area contributed by atoms with E-state index >= 15 is 0 Å². The van der Waals surface area contributed by atoms with E-state index in [2.05, 4.69) is 0 Å². The Labute approximate surface area is 193 Å². The Morgan fingerprint density at radius 1 is 1.00 bits per heavy atom. The molecule has 1 atom stereocenters. The molecule has 1 heterocycles. The number of rotatable bonds is 5. The van der Waals surface area contributed by atoms with E-state index in [-0.39, 0.29) is 19.1 Å². The van der Waals surface area contributed by atoms with Gasteiger partial charge in [0.05, 0.1) is 18.0 Å². The van der Waals surface area contributed by atoms with Crippen LogP contribution in [0.2, 0.25) is 0 Å². The maximum atomic E-state index is 13.0. The Morgan fingerprint density at radius 3 is 2.44 bits per heavy atom. The third-order valence-electron chi connectivity index (χ3n) is 6.45. The van der Waals surface area contributed by atoms with Crippen molar-refractivity contribution in [2.75, 3.05) is 4.90 Å². The average Bonchev–Trinajstić information content (AvgIpc) is 3.40. The van der Waals surface area contributed by atoms with Crippen LogP contribution < -0.4 is 9.64 Å². The molecule has 1 amide bonds. The first-order chi connectivity index (χ1) is 16.2. The van der Waals surface area contributed by atoms with E-state index in [0.717, 1.165) is 34.4 Å². The van der Waals surface area contributed by atoms with Gasteiger partial charge >= 0.3 is 12.1 Å². The number of halogens is 3. The van der Waals surface area contributed by atoms with Crippen molar-refractivity contribution in [3.63, 3.8) is 0 Å². The molecule has 34 heavy (non-hydrogen) atoms. The highest BCUT2D eigenvalue weighted by atomic mass is 19.4. The van der Waals surface area contributed by atoms with Gasteiger partial charge in [-0.3, -0.25) is 9.59 Å². The van der Waals surface area contributed by atoms with Gasteiger partial charge in [0.2, 0.25) is 0 Å². The molecule has 0 spiro atoms. The van der Waals surface area contributed by atoms with Crippen molar-refractivity contribution in [3.05, 3.63) is 94.0 Å². The molecule has 0 saturated heterocycles. The van der Waals surface area contributed by atoms with Crippen LogP contribution in [0.15, 0.2) is 60.7 Å². The van der Waals surface area contributed by atoms with Gasteiger partial charge in [0, 0.05) is 11.3 Å². The Morgan fingerprint density at radius 2 is 1.74 bits per heavy atom. The van der Waals surface area contributed by atoms with E-state index in [1.165, 1.54) is 17.0 Å². The summed E-state index contributed by atoms with van der Waals surface area (Å²) in [6.07, 6.45) is -3.56. The smallest absolute Gasteiger partial charge is 0.416 e. The monoisotopic (exact) mass is 467 g/mol. The quantitative estimate of drug-likeness (QED) is 0.557. The minimum atomic E-state index is -4.44. The van der Waals surface area contributed by atoms with Gasteiger partial charge in [-0.2, -0.15) is 13.2 Å². The van der Waals surface area contributed by atoms with Crippen molar-refractivity contribution >= 4 is 17.6 Å². The summed E-state index contributed by atoms with van der Waals surface area (Å²) in [7, 11) is 0. The summed E-state index contributed by atoms with van der Waals surface area (Å²) in [6.45, 7) is 0.415. The minimum absolute atomic E-state index is 0.186. The third-order valence-corrected chi connectivity index (χ3v) is 6.45. The summed E-state index contributed by atoms with van der Waals surface area (Å²) in [4.78, 5) is 25.8. The van der Waals surface area contributed by atoms with E-state index in [4.69, 9.17) is 4.74 Å². The average molecular weight is 467 g/mol. The highest BCUT2D eigenvalue weighted by Crippen LogP contribution is 2.36. The van der Waals surface area contributed by atoms with Gasteiger partial charge in [-0.25, -0.2) is 0 Å². The standard InChI is InChI=1S/C26H20F3NO4/c27-26(28,29)18-7-9-19(10-8-18)30-13-22-16(4-1-5-20(22)24(30)31)14-34-23-6-2-3-15-11-17(25(32)33)12-21(15)23/h1-10,17H,11-14H2,(H,32,33). The zero-order valence-electron chi connectivity index (χ0n) is 17.9. The first kappa shape index (κ1) is 22.0. The normalized spacial score (nSPS) is 17.0. The lowest BCUT2D eigenvalue weighted by Gasteiger charge is -2.17. The molecule has 5 nitrogen and oxygen atoms in total. The molecule has 1 aliphatic carbocycles. The number of carbonyl (C=O) groups is 2. The minimum Gasteiger partial charge on any atom is -0.489 e. The fourth-order valence-electron chi connectivity index (χ4n) is 4.65. The zero-order valence-corrected chi connectivity index (χ0v) is 17.9. The maximum absolute atomic E-state index is 13.0. The van der Waals surface area contributed by atoms with Crippen LogP contribution in [0, 0.1) is 5.92 Å². The molecule has 0 fully saturated rings. The second kappa shape index (κ2) is 8.20. The molecular weight excluding hydrogens is 447 g/mol. The molecule has 0 saturated carbocycles. The van der Waals surface area contributed by atoms with Gasteiger partial charge in [-0.1, -0.05) is 24.3 Å². The van der Waals surface area contributed by atoms with Crippen molar-refractivity contribution in [3.8, 4) is 5.75 Å². The molecule has 3 aromatic rings. The summed E-state index contributed by atoms with van der Waals surface area (Å²) >= 11 is 0. The van der Waals surface area contributed by atoms with Crippen molar-refractivity contribution in [1.82, 2.24) is 0 Å². The van der Waals surface area contributed by atoms with E-state index in [1.54, 1.807) is 12.1 Å². The molecule has 0 bridgehead atoms. The number of alkyl halides is 3. The van der Waals surface area contributed by atoms with Gasteiger partial charge in [0.15, 0.2) is 0 Å². The molecule has 2 aliphatic rings. The number of ether oxygens (including phenoxy) is 1. The fourth-order valence-corrected chi connectivity index (χ4v) is 4.65. The number of benzene rings is 3. The summed E-state index contributed by atoms with van der Waals surface area (Å²) < 4.78 is 44.7. The fraction of sp³-hybridized carbons (Fsp3) is 0.231. The number of amides is 1. The number of carbonyl (C=O) groups excluding carboxylic acids is 1. The van der Waals surface area contributed by atoms with Gasteiger partial charge in [0.1, 0.15) is 12.4 Å². The van der Waals surface area contributed by atoms with E-state index in [1.807, 2.05) is 24.3 Å². The Hall–Kier alpha value is -3.81. The maximum Gasteiger partial charge on any atom is 0.416 e. The second-order valence-electron chi connectivity index (χ2n) is 8.51. The number of hydrogen-bond acceptors (Lipinski definition) is 3. The predicted octanol–water partition coefficient (Wildman–Crippen LogP) is 5.24. The molecule has 1 unspecified atom stereocenters. The van der Waals surface area contributed by atoms with Crippen LogP contribution in [-0.4, -0.2) is 17.0 Å². The molecule has 0 aromatic heterocycles. The van der Waals surface area contributed by atoms with E-state index in [0.29, 0.717) is 29.8 Å². The largest absolute Gasteiger partial charge is 0.489 e. The number of fused-ring (bicyclic) bond motifs is 2. The molecule has 8 heteroatoms. The van der Waals surface area contributed by atoms with E-state index < -0.39 is 23.6 Å². The number of aliphatic carboxylic acids is 1. The Bertz CT molecular complexity index is 1280. The van der Waals surface area contributed by atoms with Crippen LogP contribution in [0.3, 0.4) is 0 Å². The second-order valence-corrected chi connectivity index (χ2v) is 8.51. The number of hydrogen-bond donors (Lipinski definition) is 1. The summed E-state index contributed by atoms with van der Waals surface area (Å²) in [5.74, 6) is -0.940. The van der Waals surface area contributed by atoms with Crippen LogP contribution in [-0.2, 0) is 37.0 Å². The number of carboxylic acid groups (broad SMARTS) is 1. The van der Waals surface area contributed by atoms with Gasteiger partial charge in [0.25, 0.3) is 5.91 Å². The molecule has 174 valence electrons. The lowest BCUT2D eigenvalue weighted by atomic mass is 10.0. The van der Waals surface area contributed by atoms with Crippen LogP contribution in [0.25, 0.3) is 0 Å². The zero-order chi connectivity index (χ0) is 24.0. The predicted molar refractivity (Wildman–Crippen MR) is 118 cm³/mol. The summed E-state index contributed by atoms with van der Waals surface area (Å²) in [5.41, 5.74) is 3.53. The SMILES string of the molecule is O=C(O)C1Cc2cccc(OCc3cccc4c3CN(c3ccc(C(F)(F)F)cc3)C4=O)c2C1. The van der Waals surface area contributed by atoms with Crippen molar-refractivity contribution in [2.45, 2.75) is 32.2 Å². The highest BCUT2D eigenvalue weighted by molar-refractivity contribution is 6.10. The molecule has 1 N–H and O–H groups in total. The lowest BCUT2D eigenvalue weighted by molar-refractivity contribution is -0.141. The van der Waals surface area contributed by atoms with Crippen LogP contribution in [0.1, 0.15) is 38.2 Å². The first-order valence-corrected chi connectivity index (χ1v) is 10.8. The Kier molecular flexibility index (Phi) is 5.31. The summed E-state index contributed by atoms with van der Waals surface area (Å²) in [5, 5.41) is 9.36. The van der Waals surface area contributed by atoms with Gasteiger partial charge in [-0.05, 0) is 71.5 Å². The molecule has 3 aromatic carbocycles. The van der Waals surface area contributed by atoms with Crippen LogP contribution in [0.5, 0.6) is 5.75 Å². The first-order valence-electron chi connectivity index (χ1n) is 10.8. The van der Waals surface area contributed by atoms with Crippen LogP contribution >= 0.6 is 0 Å². The van der Waals surface area contributed by atoms with Gasteiger partial charge < -0.3 is 14.7 Å². The third kappa shape index (κ3) is 3.89. The van der Waals surface area contributed by atoms with Crippen molar-refractivity contribution < 1.29 is 32.6 Å².